The minimum absolute atomic E-state index is 0.178. The third kappa shape index (κ3) is 4.74. The molecular weight excluding hydrogens is 511 g/mol. The molecule has 0 amide bonds. The summed E-state index contributed by atoms with van der Waals surface area (Å²) >= 11 is 13.8. The minimum Gasteiger partial charge on any atom is -0.496 e. The van der Waals surface area contributed by atoms with Crippen LogP contribution in [0.1, 0.15) is 31.0 Å². The number of halogens is 2. The van der Waals surface area contributed by atoms with Crippen LogP contribution in [-0.2, 0) is 9.53 Å². The van der Waals surface area contributed by atoms with Crippen molar-refractivity contribution in [2.45, 2.75) is 19.9 Å². The topological polar surface area (TPSA) is 79.1 Å². The van der Waals surface area contributed by atoms with Gasteiger partial charge in [0, 0.05) is 10.6 Å². The van der Waals surface area contributed by atoms with Gasteiger partial charge in [-0.05, 0) is 55.8 Å². The number of thiazole rings is 1. The van der Waals surface area contributed by atoms with Gasteiger partial charge in [-0.1, -0.05) is 40.6 Å². The second kappa shape index (κ2) is 10.3. The van der Waals surface area contributed by atoms with Crippen LogP contribution in [0.4, 0.5) is 0 Å². The molecule has 10 heteroatoms. The van der Waals surface area contributed by atoms with Gasteiger partial charge >= 0.3 is 5.97 Å². The molecule has 0 bridgehead atoms. The summed E-state index contributed by atoms with van der Waals surface area (Å²) < 4.78 is 18.0. The van der Waals surface area contributed by atoms with Crippen molar-refractivity contribution in [3.63, 3.8) is 0 Å². The van der Waals surface area contributed by atoms with E-state index in [2.05, 4.69) is 4.99 Å². The van der Waals surface area contributed by atoms with Crippen LogP contribution in [0.15, 0.2) is 57.5 Å². The largest absolute Gasteiger partial charge is 0.496 e. The molecule has 0 saturated carbocycles. The number of nitrogens with zero attached hydrogens (tertiary/aromatic N) is 2. The van der Waals surface area contributed by atoms with Gasteiger partial charge in [0.2, 0.25) is 0 Å². The van der Waals surface area contributed by atoms with Gasteiger partial charge in [-0.15, -0.1) is 0 Å². The monoisotopic (exact) mass is 532 g/mol. The van der Waals surface area contributed by atoms with Crippen LogP contribution in [0.3, 0.4) is 0 Å². The predicted octanol–water partition coefficient (Wildman–Crippen LogP) is 4.12. The number of methoxy groups -OCH3 is 2. The Morgan fingerprint density at radius 1 is 1.14 bits per heavy atom. The Bertz CT molecular complexity index is 1520. The van der Waals surface area contributed by atoms with Gasteiger partial charge in [0.15, 0.2) is 4.80 Å². The lowest BCUT2D eigenvalue weighted by atomic mass is 9.95. The van der Waals surface area contributed by atoms with Crippen molar-refractivity contribution in [1.82, 2.24) is 4.57 Å². The lowest BCUT2D eigenvalue weighted by Crippen LogP contribution is -2.40. The van der Waals surface area contributed by atoms with E-state index < -0.39 is 12.0 Å². The Kier molecular flexibility index (Phi) is 7.35. The summed E-state index contributed by atoms with van der Waals surface area (Å²) in [4.78, 5) is 31.8. The molecule has 1 aliphatic heterocycles. The maximum atomic E-state index is 13.7. The highest BCUT2D eigenvalue weighted by Gasteiger charge is 2.35. The second-order valence-corrected chi connectivity index (χ2v) is 9.44. The number of allylic oxidation sites excluding steroid dienone is 1. The number of aromatic nitrogens is 1. The molecule has 1 aromatic heterocycles. The molecule has 0 fully saturated rings. The third-order valence-corrected chi connectivity index (χ3v) is 6.99. The molecule has 0 aliphatic carbocycles. The van der Waals surface area contributed by atoms with Crippen LogP contribution in [0.25, 0.3) is 6.08 Å². The number of rotatable bonds is 6. The number of carbonyl (C=O) groups is 1. The van der Waals surface area contributed by atoms with Gasteiger partial charge in [-0.2, -0.15) is 0 Å². The summed E-state index contributed by atoms with van der Waals surface area (Å²) in [5, 5.41) is 0.865. The van der Waals surface area contributed by atoms with E-state index in [1.807, 2.05) is 0 Å². The van der Waals surface area contributed by atoms with Gasteiger partial charge in [0.05, 0.1) is 41.7 Å². The van der Waals surface area contributed by atoms with Gasteiger partial charge < -0.3 is 14.2 Å². The number of fused-ring (bicyclic) bond motifs is 1. The number of benzene rings is 2. The van der Waals surface area contributed by atoms with E-state index in [4.69, 9.17) is 37.4 Å². The molecule has 7 nitrogen and oxygen atoms in total. The van der Waals surface area contributed by atoms with Crippen LogP contribution in [-0.4, -0.2) is 31.4 Å². The molecule has 2 heterocycles. The molecule has 0 spiro atoms. The fourth-order valence-corrected chi connectivity index (χ4v) is 5.42. The normalized spacial score (nSPS) is 15.5. The van der Waals surface area contributed by atoms with E-state index in [0.717, 1.165) is 5.56 Å². The summed E-state index contributed by atoms with van der Waals surface area (Å²) in [5.41, 5.74) is 1.66. The summed E-state index contributed by atoms with van der Waals surface area (Å²) in [7, 11) is 3.05. The van der Waals surface area contributed by atoms with Crippen LogP contribution in [0.5, 0.6) is 11.5 Å². The van der Waals surface area contributed by atoms with Gasteiger partial charge in [-0.25, -0.2) is 9.79 Å². The SMILES string of the molecule is CCOC(=O)C1=C(C)N=c2s/c(=C\c3ccc(OC)c(Cl)c3)c(=O)n2[C@@H]1c1cc(Cl)ccc1OC. The first kappa shape index (κ1) is 25.0. The molecule has 182 valence electrons. The van der Waals surface area contributed by atoms with E-state index in [1.54, 1.807) is 56.3 Å². The number of esters is 1. The van der Waals surface area contributed by atoms with Gasteiger partial charge in [0.25, 0.3) is 5.56 Å². The first-order chi connectivity index (χ1) is 16.8. The zero-order chi connectivity index (χ0) is 25.3. The van der Waals surface area contributed by atoms with Crippen molar-refractivity contribution >= 4 is 46.6 Å². The van der Waals surface area contributed by atoms with E-state index in [-0.39, 0.29) is 17.7 Å². The third-order valence-electron chi connectivity index (χ3n) is 5.48. The molecule has 1 atom stereocenters. The number of carbonyl (C=O) groups excluding carboxylic acids is 1. The van der Waals surface area contributed by atoms with Crippen molar-refractivity contribution in [3.05, 3.63) is 88.5 Å². The quantitative estimate of drug-likeness (QED) is 0.446. The summed E-state index contributed by atoms with van der Waals surface area (Å²) in [6.07, 6.45) is 1.73. The molecule has 4 rings (SSSR count). The Morgan fingerprint density at radius 3 is 2.51 bits per heavy atom. The molecule has 35 heavy (non-hydrogen) atoms. The summed E-state index contributed by atoms with van der Waals surface area (Å²) in [6, 6.07) is 9.48. The Balaban J connectivity index is 1.98. The highest BCUT2D eigenvalue weighted by atomic mass is 35.5. The van der Waals surface area contributed by atoms with Crippen molar-refractivity contribution in [2.24, 2.45) is 4.99 Å². The molecule has 2 aromatic carbocycles. The number of ether oxygens (including phenoxy) is 3. The molecule has 0 N–H and O–H groups in total. The van der Waals surface area contributed by atoms with Crippen LogP contribution in [0.2, 0.25) is 10.0 Å². The zero-order valence-electron chi connectivity index (χ0n) is 19.4. The number of hydrogen-bond donors (Lipinski definition) is 0. The summed E-state index contributed by atoms with van der Waals surface area (Å²) in [5.74, 6) is 0.456. The maximum absolute atomic E-state index is 13.7. The van der Waals surface area contributed by atoms with Crippen LogP contribution < -0.4 is 24.4 Å². The smallest absolute Gasteiger partial charge is 0.338 e. The first-order valence-electron chi connectivity index (χ1n) is 10.7. The standard InChI is InChI=1S/C25H22Cl2N2O5S/c1-5-34-24(31)21-13(2)28-25-29(22(21)16-12-15(26)7-9-18(16)32-3)23(30)20(35-25)11-14-6-8-19(33-4)17(27)10-14/h6-12,22H,5H2,1-4H3/b20-11-/t22-/m1/s1. The Hall–Kier alpha value is -3.07. The van der Waals surface area contributed by atoms with E-state index >= 15 is 0 Å². The molecule has 0 unspecified atom stereocenters. The van der Waals surface area contributed by atoms with Gasteiger partial charge in [0.1, 0.15) is 17.5 Å². The fourth-order valence-electron chi connectivity index (χ4n) is 3.93. The Labute approximate surface area is 215 Å². The van der Waals surface area contributed by atoms with Crippen molar-refractivity contribution in [3.8, 4) is 11.5 Å². The second-order valence-electron chi connectivity index (χ2n) is 7.58. The molecular formula is C25H22Cl2N2O5S. The van der Waals surface area contributed by atoms with E-state index in [0.29, 0.717) is 42.1 Å². The average Bonchev–Trinajstić information content (AvgIpc) is 3.12. The molecule has 0 radical (unpaired) electrons. The first-order valence-corrected chi connectivity index (χ1v) is 12.2. The van der Waals surface area contributed by atoms with E-state index in [9.17, 15) is 9.59 Å². The lowest BCUT2D eigenvalue weighted by molar-refractivity contribution is -0.139. The highest BCUT2D eigenvalue weighted by Crippen LogP contribution is 2.37. The van der Waals surface area contributed by atoms with Crippen molar-refractivity contribution < 1.29 is 19.0 Å². The van der Waals surface area contributed by atoms with E-state index in [1.165, 1.54) is 30.1 Å². The van der Waals surface area contributed by atoms with Crippen molar-refractivity contribution in [1.29, 1.82) is 0 Å². The van der Waals surface area contributed by atoms with Crippen LogP contribution in [0, 0.1) is 0 Å². The molecule has 0 saturated heterocycles. The average molecular weight is 533 g/mol. The zero-order valence-corrected chi connectivity index (χ0v) is 21.8. The minimum atomic E-state index is -0.833. The lowest BCUT2D eigenvalue weighted by Gasteiger charge is -2.26. The molecule has 1 aliphatic rings. The van der Waals surface area contributed by atoms with Crippen LogP contribution >= 0.6 is 34.5 Å². The predicted molar refractivity (Wildman–Crippen MR) is 136 cm³/mol. The highest BCUT2D eigenvalue weighted by molar-refractivity contribution is 7.07. The number of hydrogen-bond acceptors (Lipinski definition) is 7. The molecule has 3 aromatic rings. The summed E-state index contributed by atoms with van der Waals surface area (Å²) in [6.45, 7) is 3.62. The van der Waals surface area contributed by atoms with Crippen molar-refractivity contribution in [2.75, 3.05) is 20.8 Å². The maximum Gasteiger partial charge on any atom is 0.338 e. The van der Waals surface area contributed by atoms with Gasteiger partial charge in [-0.3, -0.25) is 9.36 Å². The fraction of sp³-hybridized carbons (Fsp3) is 0.240. The Morgan fingerprint density at radius 2 is 1.86 bits per heavy atom.